The van der Waals surface area contributed by atoms with Gasteiger partial charge in [0.25, 0.3) is 0 Å². The van der Waals surface area contributed by atoms with E-state index in [1.807, 2.05) is 0 Å². The summed E-state index contributed by atoms with van der Waals surface area (Å²) < 4.78 is 0. The maximum atomic E-state index is 9.41. The number of hydrogen-bond donors (Lipinski definition) is 1. The fraction of sp³-hybridized carbons (Fsp3) is 0.250. The highest BCUT2D eigenvalue weighted by atomic mass is 35.5. The first kappa shape index (κ1) is 11.5. The molecule has 2 aromatic rings. The summed E-state index contributed by atoms with van der Waals surface area (Å²) in [5, 5.41) is 10.9. The summed E-state index contributed by atoms with van der Waals surface area (Å²) in [5.41, 5.74) is 1.76. The average molecular weight is 256 g/mol. The zero-order valence-electron chi connectivity index (χ0n) is 8.58. The van der Waals surface area contributed by atoms with Gasteiger partial charge in [-0.2, -0.15) is 0 Å². The monoisotopic (exact) mass is 255 g/mol. The van der Waals surface area contributed by atoms with Gasteiger partial charge in [0.1, 0.15) is 5.75 Å². The van der Waals surface area contributed by atoms with Gasteiger partial charge in [-0.1, -0.05) is 11.6 Å². The van der Waals surface area contributed by atoms with Crippen molar-refractivity contribution < 1.29 is 5.11 Å². The lowest BCUT2D eigenvalue weighted by Gasteiger charge is -2.06. The quantitative estimate of drug-likeness (QED) is 0.848. The number of phenolic OH excluding ortho intramolecular Hbond substituents is 1. The molecular weight excluding hydrogens is 245 g/mol. The molecule has 1 heterocycles. The van der Waals surface area contributed by atoms with E-state index in [9.17, 15) is 5.11 Å². The standard InChI is InChI=1S/C12H11Cl2NO/c13-5-1-2-8-7-15-11-4-3-9(16)6-10(11)12(8)14/h3-4,6-7,16H,1-2,5H2. The van der Waals surface area contributed by atoms with Crippen LogP contribution in [0.1, 0.15) is 12.0 Å². The maximum absolute atomic E-state index is 9.41. The normalized spacial score (nSPS) is 10.9. The summed E-state index contributed by atoms with van der Waals surface area (Å²) in [6.07, 6.45) is 3.45. The summed E-state index contributed by atoms with van der Waals surface area (Å²) in [4.78, 5) is 4.30. The van der Waals surface area contributed by atoms with Gasteiger partial charge in [-0.05, 0) is 36.6 Å². The molecule has 0 aliphatic carbocycles. The molecule has 0 aliphatic heterocycles. The number of benzene rings is 1. The highest BCUT2D eigenvalue weighted by molar-refractivity contribution is 6.36. The first-order valence-electron chi connectivity index (χ1n) is 5.04. The molecule has 2 rings (SSSR count). The van der Waals surface area contributed by atoms with Gasteiger partial charge in [-0.15, -0.1) is 11.6 Å². The molecule has 0 aliphatic rings. The number of pyridine rings is 1. The van der Waals surface area contributed by atoms with Gasteiger partial charge in [0, 0.05) is 17.5 Å². The second kappa shape index (κ2) is 4.89. The number of nitrogens with zero attached hydrogens (tertiary/aromatic N) is 1. The van der Waals surface area contributed by atoms with Crippen LogP contribution in [0, 0.1) is 0 Å². The fourth-order valence-corrected chi connectivity index (χ4v) is 2.05. The van der Waals surface area contributed by atoms with Gasteiger partial charge in [0.2, 0.25) is 0 Å². The number of phenols is 1. The van der Waals surface area contributed by atoms with Gasteiger partial charge in [0.05, 0.1) is 10.5 Å². The lowest BCUT2D eigenvalue weighted by atomic mass is 10.1. The Morgan fingerprint density at radius 1 is 1.31 bits per heavy atom. The molecule has 0 saturated carbocycles. The Labute approximate surface area is 104 Å². The summed E-state index contributed by atoms with van der Waals surface area (Å²) >= 11 is 11.9. The number of halogens is 2. The Bertz CT molecular complexity index is 514. The zero-order chi connectivity index (χ0) is 11.5. The summed E-state index contributed by atoms with van der Waals surface area (Å²) in [7, 11) is 0. The van der Waals surface area contributed by atoms with E-state index < -0.39 is 0 Å². The van der Waals surface area contributed by atoms with Crippen LogP contribution < -0.4 is 0 Å². The number of aryl methyl sites for hydroxylation is 1. The van der Waals surface area contributed by atoms with E-state index in [-0.39, 0.29) is 5.75 Å². The lowest BCUT2D eigenvalue weighted by molar-refractivity contribution is 0.476. The predicted octanol–water partition coefficient (Wildman–Crippen LogP) is 3.77. The molecule has 4 heteroatoms. The van der Waals surface area contributed by atoms with Crippen LogP contribution in [0.2, 0.25) is 5.02 Å². The van der Waals surface area contributed by atoms with E-state index in [1.54, 1.807) is 24.4 Å². The van der Waals surface area contributed by atoms with Gasteiger partial charge in [-0.25, -0.2) is 0 Å². The molecule has 1 aromatic heterocycles. The van der Waals surface area contributed by atoms with Crippen molar-refractivity contribution in [3.63, 3.8) is 0 Å². The molecule has 0 spiro atoms. The molecule has 0 fully saturated rings. The zero-order valence-corrected chi connectivity index (χ0v) is 10.1. The molecule has 84 valence electrons. The largest absolute Gasteiger partial charge is 0.508 e. The average Bonchev–Trinajstić information content (AvgIpc) is 2.29. The number of alkyl halides is 1. The number of aromatic hydroxyl groups is 1. The van der Waals surface area contributed by atoms with E-state index in [4.69, 9.17) is 23.2 Å². The van der Waals surface area contributed by atoms with Crippen LogP contribution in [0.3, 0.4) is 0 Å². The number of aromatic nitrogens is 1. The van der Waals surface area contributed by atoms with Crippen LogP contribution in [-0.4, -0.2) is 16.0 Å². The number of hydrogen-bond acceptors (Lipinski definition) is 2. The molecule has 2 nitrogen and oxygen atoms in total. The Kier molecular flexibility index (Phi) is 3.52. The van der Waals surface area contributed by atoms with E-state index in [1.165, 1.54) is 0 Å². The van der Waals surface area contributed by atoms with E-state index in [0.717, 1.165) is 29.3 Å². The number of rotatable bonds is 3. The molecule has 0 unspecified atom stereocenters. The van der Waals surface area contributed by atoms with Gasteiger partial charge in [-0.3, -0.25) is 4.98 Å². The molecule has 16 heavy (non-hydrogen) atoms. The third-order valence-electron chi connectivity index (χ3n) is 2.44. The highest BCUT2D eigenvalue weighted by Gasteiger charge is 2.07. The highest BCUT2D eigenvalue weighted by Crippen LogP contribution is 2.29. The van der Waals surface area contributed by atoms with Crippen LogP contribution >= 0.6 is 23.2 Å². The van der Waals surface area contributed by atoms with Crippen molar-refractivity contribution in [2.24, 2.45) is 0 Å². The van der Waals surface area contributed by atoms with Crippen molar-refractivity contribution in [3.05, 3.63) is 35.0 Å². The minimum atomic E-state index is 0.200. The molecule has 0 bridgehead atoms. The molecule has 0 radical (unpaired) electrons. The summed E-state index contributed by atoms with van der Waals surface area (Å²) in [6.45, 7) is 0. The van der Waals surface area contributed by atoms with Crippen molar-refractivity contribution in [1.29, 1.82) is 0 Å². The van der Waals surface area contributed by atoms with Crippen LogP contribution in [0.15, 0.2) is 24.4 Å². The van der Waals surface area contributed by atoms with Crippen LogP contribution in [0.5, 0.6) is 5.75 Å². The van der Waals surface area contributed by atoms with Crippen molar-refractivity contribution in [2.75, 3.05) is 5.88 Å². The lowest BCUT2D eigenvalue weighted by Crippen LogP contribution is -1.91. The fourth-order valence-electron chi connectivity index (χ4n) is 1.62. The summed E-state index contributed by atoms with van der Waals surface area (Å²) in [6, 6.07) is 4.99. The molecule has 1 N–H and O–H groups in total. The second-order valence-electron chi connectivity index (χ2n) is 3.59. The van der Waals surface area contributed by atoms with Gasteiger partial charge >= 0.3 is 0 Å². The Morgan fingerprint density at radius 3 is 2.88 bits per heavy atom. The SMILES string of the molecule is Oc1ccc2ncc(CCCCl)c(Cl)c2c1. The number of fused-ring (bicyclic) bond motifs is 1. The third kappa shape index (κ3) is 2.23. The molecular formula is C12H11Cl2NO. The molecule has 0 atom stereocenters. The minimum Gasteiger partial charge on any atom is -0.508 e. The van der Waals surface area contributed by atoms with Crippen molar-refractivity contribution >= 4 is 34.1 Å². The Balaban J connectivity index is 2.50. The van der Waals surface area contributed by atoms with Crippen molar-refractivity contribution in [3.8, 4) is 5.75 Å². The first-order chi connectivity index (χ1) is 7.72. The molecule has 0 amide bonds. The van der Waals surface area contributed by atoms with E-state index in [2.05, 4.69) is 4.98 Å². The van der Waals surface area contributed by atoms with Gasteiger partial charge < -0.3 is 5.11 Å². The van der Waals surface area contributed by atoms with E-state index in [0.29, 0.717) is 10.9 Å². The van der Waals surface area contributed by atoms with Crippen LogP contribution in [0.4, 0.5) is 0 Å². The van der Waals surface area contributed by atoms with Crippen molar-refractivity contribution in [2.45, 2.75) is 12.8 Å². The predicted molar refractivity (Wildman–Crippen MR) is 67.5 cm³/mol. The van der Waals surface area contributed by atoms with Crippen molar-refractivity contribution in [1.82, 2.24) is 4.98 Å². The molecule has 0 saturated heterocycles. The van der Waals surface area contributed by atoms with Crippen LogP contribution in [0.25, 0.3) is 10.9 Å². The topological polar surface area (TPSA) is 33.1 Å². The second-order valence-corrected chi connectivity index (χ2v) is 4.35. The third-order valence-corrected chi connectivity index (χ3v) is 3.15. The summed E-state index contributed by atoms with van der Waals surface area (Å²) in [5.74, 6) is 0.805. The maximum Gasteiger partial charge on any atom is 0.116 e. The first-order valence-corrected chi connectivity index (χ1v) is 5.95. The van der Waals surface area contributed by atoms with Crippen LogP contribution in [-0.2, 0) is 6.42 Å². The Hall–Kier alpha value is -0.990. The van der Waals surface area contributed by atoms with E-state index >= 15 is 0 Å². The molecule has 1 aromatic carbocycles. The smallest absolute Gasteiger partial charge is 0.116 e. The minimum absolute atomic E-state index is 0.200. The van der Waals surface area contributed by atoms with Gasteiger partial charge in [0.15, 0.2) is 0 Å². The Morgan fingerprint density at radius 2 is 2.12 bits per heavy atom.